The van der Waals surface area contributed by atoms with Crippen molar-refractivity contribution in [2.45, 2.75) is 6.92 Å². The lowest BCUT2D eigenvalue weighted by atomic mass is 10.1. The Labute approximate surface area is 109 Å². The van der Waals surface area contributed by atoms with Crippen molar-refractivity contribution < 1.29 is 4.52 Å². The first kappa shape index (κ1) is 11.3. The average Bonchev–Trinajstić information content (AvgIpc) is 2.93. The molecule has 6 nitrogen and oxygen atoms in total. The fourth-order valence-electron chi connectivity index (χ4n) is 1.62. The molecule has 19 heavy (non-hydrogen) atoms. The van der Waals surface area contributed by atoms with E-state index in [4.69, 9.17) is 10.3 Å². The van der Waals surface area contributed by atoms with Crippen LogP contribution in [0.1, 0.15) is 5.56 Å². The predicted molar refractivity (Wildman–Crippen MR) is 69.9 cm³/mol. The molecule has 0 aliphatic heterocycles. The van der Waals surface area contributed by atoms with Crippen LogP contribution in [-0.4, -0.2) is 20.1 Å². The molecule has 2 aromatic heterocycles. The van der Waals surface area contributed by atoms with Crippen LogP contribution in [0, 0.1) is 6.92 Å². The lowest BCUT2D eigenvalue weighted by Gasteiger charge is -2.00. The van der Waals surface area contributed by atoms with Crippen molar-refractivity contribution in [1.82, 2.24) is 20.1 Å². The lowest BCUT2D eigenvalue weighted by Crippen LogP contribution is -1.90. The Morgan fingerprint density at radius 3 is 2.63 bits per heavy atom. The van der Waals surface area contributed by atoms with Crippen LogP contribution >= 0.6 is 0 Å². The summed E-state index contributed by atoms with van der Waals surface area (Å²) in [5, 5.41) is 3.86. The summed E-state index contributed by atoms with van der Waals surface area (Å²) in [7, 11) is 0. The normalized spacial score (nSPS) is 10.6. The maximum atomic E-state index is 5.86. The van der Waals surface area contributed by atoms with Gasteiger partial charge in [-0.2, -0.15) is 4.98 Å². The second kappa shape index (κ2) is 4.49. The van der Waals surface area contributed by atoms with E-state index in [0.717, 1.165) is 11.1 Å². The third-order valence-corrected chi connectivity index (χ3v) is 2.72. The molecule has 0 bridgehead atoms. The van der Waals surface area contributed by atoms with E-state index in [9.17, 15) is 0 Å². The monoisotopic (exact) mass is 253 g/mol. The van der Waals surface area contributed by atoms with Crippen LogP contribution in [0.25, 0.3) is 23.1 Å². The Balaban J connectivity index is 1.99. The zero-order chi connectivity index (χ0) is 13.2. The van der Waals surface area contributed by atoms with Crippen LogP contribution < -0.4 is 5.73 Å². The van der Waals surface area contributed by atoms with Gasteiger partial charge in [0.15, 0.2) is 0 Å². The van der Waals surface area contributed by atoms with E-state index in [2.05, 4.69) is 20.1 Å². The van der Waals surface area contributed by atoms with Gasteiger partial charge in [0.05, 0.1) is 0 Å². The Morgan fingerprint density at radius 2 is 1.89 bits per heavy atom. The quantitative estimate of drug-likeness (QED) is 0.703. The van der Waals surface area contributed by atoms with Gasteiger partial charge in [-0.25, -0.2) is 9.97 Å². The molecule has 0 unspecified atom stereocenters. The number of benzene rings is 1. The van der Waals surface area contributed by atoms with Crippen molar-refractivity contribution >= 4 is 5.69 Å². The van der Waals surface area contributed by atoms with E-state index in [1.54, 1.807) is 24.5 Å². The van der Waals surface area contributed by atoms with Crippen molar-refractivity contribution in [3.63, 3.8) is 0 Å². The number of hydrogen-bond donors (Lipinski definition) is 1. The molecule has 0 atom stereocenters. The minimum absolute atomic E-state index is 0.356. The number of nitrogens with zero attached hydrogens (tertiary/aromatic N) is 4. The topological polar surface area (TPSA) is 90.7 Å². The smallest absolute Gasteiger partial charge is 0.258 e. The van der Waals surface area contributed by atoms with Crippen LogP contribution in [0.15, 0.2) is 41.2 Å². The van der Waals surface area contributed by atoms with Gasteiger partial charge in [-0.1, -0.05) is 11.2 Å². The third kappa shape index (κ3) is 2.15. The molecule has 0 saturated carbocycles. The molecule has 2 heterocycles. The van der Waals surface area contributed by atoms with E-state index in [0.29, 0.717) is 23.2 Å². The molecular weight excluding hydrogens is 242 g/mol. The highest BCUT2D eigenvalue weighted by molar-refractivity contribution is 5.63. The van der Waals surface area contributed by atoms with Crippen LogP contribution in [0.5, 0.6) is 0 Å². The molecule has 0 aliphatic rings. The van der Waals surface area contributed by atoms with E-state index >= 15 is 0 Å². The number of rotatable bonds is 2. The maximum absolute atomic E-state index is 5.86. The minimum atomic E-state index is 0.356. The highest BCUT2D eigenvalue weighted by Crippen LogP contribution is 2.23. The molecule has 0 saturated heterocycles. The molecule has 94 valence electrons. The minimum Gasteiger partial charge on any atom is -0.398 e. The maximum Gasteiger partial charge on any atom is 0.258 e. The molecule has 6 heteroatoms. The predicted octanol–water partition coefficient (Wildman–Crippen LogP) is 2.08. The van der Waals surface area contributed by atoms with Crippen LogP contribution in [0.3, 0.4) is 0 Å². The summed E-state index contributed by atoms with van der Waals surface area (Å²) in [6.07, 6.45) is 3.25. The summed E-state index contributed by atoms with van der Waals surface area (Å²) in [6.45, 7) is 1.94. The van der Waals surface area contributed by atoms with Gasteiger partial charge in [-0.3, -0.25) is 0 Å². The molecule has 0 amide bonds. The van der Waals surface area contributed by atoms with E-state index in [-0.39, 0.29) is 0 Å². The van der Waals surface area contributed by atoms with Crippen LogP contribution in [-0.2, 0) is 0 Å². The molecule has 2 N–H and O–H groups in total. The van der Waals surface area contributed by atoms with Crippen molar-refractivity contribution in [2.75, 3.05) is 5.73 Å². The van der Waals surface area contributed by atoms with Gasteiger partial charge in [-0.05, 0) is 30.7 Å². The fraction of sp³-hybridized carbons (Fsp3) is 0.0769. The first-order valence-corrected chi connectivity index (χ1v) is 5.71. The number of aryl methyl sites for hydroxylation is 1. The van der Waals surface area contributed by atoms with Gasteiger partial charge in [0, 0.05) is 23.6 Å². The zero-order valence-electron chi connectivity index (χ0n) is 10.2. The van der Waals surface area contributed by atoms with Crippen molar-refractivity contribution in [3.8, 4) is 23.1 Å². The zero-order valence-corrected chi connectivity index (χ0v) is 10.2. The van der Waals surface area contributed by atoms with E-state index < -0.39 is 0 Å². The lowest BCUT2D eigenvalue weighted by molar-refractivity contribution is 0.432. The standard InChI is InChI=1S/C13H11N5O/c1-8-3-4-9(7-10(8)14)13-17-12(18-19-13)11-15-5-2-6-16-11/h2-7H,14H2,1H3. The van der Waals surface area contributed by atoms with Crippen LogP contribution in [0.4, 0.5) is 5.69 Å². The second-order valence-corrected chi connectivity index (χ2v) is 4.07. The summed E-state index contributed by atoms with van der Waals surface area (Å²) in [4.78, 5) is 12.4. The van der Waals surface area contributed by atoms with Crippen molar-refractivity contribution in [3.05, 3.63) is 42.2 Å². The fourth-order valence-corrected chi connectivity index (χ4v) is 1.62. The first-order valence-electron chi connectivity index (χ1n) is 5.71. The summed E-state index contributed by atoms with van der Waals surface area (Å²) >= 11 is 0. The molecule has 1 aromatic carbocycles. The van der Waals surface area contributed by atoms with Gasteiger partial charge >= 0.3 is 0 Å². The third-order valence-electron chi connectivity index (χ3n) is 2.72. The van der Waals surface area contributed by atoms with Gasteiger partial charge in [-0.15, -0.1) is 0 Å². The van der Waals surface area contributed by atoms with E-state index in [1.165, 1.54) is 0 Å². The van der Waals surface area contributed by atoms with Crippen molar-refractivity contribution in [1.29, 1.82) is 0 Å². The molecule has 0 aliphatic carbocycles. The molecule has 0 spiro atoms. The second-order valence-electron chi connectivity index (χ2n) is 4.07. The molecule has 3 aromatic rings. The van der Waals surface area contributed by atoms with Gasteiger partial charge in [0.25, 0.3) is 5.89 Å². The van der Waals surface area contributed by atoms with Gasteiger partial charge in [0.2, 0.25) is 11.6 Å². The Hall–Kier alpha value is -2.76. The number of nitrogens with two attached hydrogens (primary N) is 1. The number of anilines is 1. The molecule has 0 radical (unpaired) electrons. The van der Waals surface area contributed by atoms with Gasteiger partial charge < -0.3 is 10.3 Å². The molecule has 3 rings (SSSR count). The number of aromatic nitrogens is 4. The summed E-state index contributed by atoms with van der Waals surface area (Å²) in [5.74, 6) is 1.18. The first-order chi connectivity index (χ1) is 9.24. The van der Waals surface area contributed by atoms with Crippen molar-refractivity contribution in [2.24, 2.45) is 0 Å². The van der Waals surface area contributed by atoms with Gasteiger partial charge in [0.1, 0.15) is 0 Å². The Morgan fingerprint density at radius 1 is 1.11 bits per heavy atom. The summed E-state index contributed by atoms with van der Waals surface area (Å²) in [6, 6.07) is 7.33. The van der Waals surface area contributed by atoms with E-state index in [1.807, 2.05) is 19.1 Å². The summed E-state index contributed by atoms with van der Waals surface area (Å²) in [5.41, 5.74) is 8.33. The van der Waals surface area contributed by atoms with Crippen LogP contribution in [0.2, 0.25) is 0 Å². The average molecular weight is 253 g/mol. The molecular formula is C13H11N5O. The largest absolute Gasteiger partial charge is 0.398 e. The highest BCUT2D eigenvalue weighted by atomic mass is 16.5. The SMILES string of the molecule is Cc1ccc(-c2nc(-c3ncccn3)no2)cc1N. The highest BCUT2D eigenvalue weighted by Gasteiger charge is 2.12. The molecule has 0 fully saturated rings. The summed E-state index contributed by atoms with van der Waals surface area (Å²) < 4.78 is 5.20. The Bertz CT molecular complexity index is 708. The number of hydrogen-bond acceptors (Lipinski definition) is 6. The Kier molecular flexibility index (Phi) is 2.68. The number of nitrogen functional groups attached to an aromatic ring is 1.